The quantitative estimate of drug-likeness (QED) is 0.821. The van der Waals surface area contributed by atoms with Crippen molar-refractivity contribution >= 4 is 0 Å². The zero-order chi connectivity index (χ0) is 18.5. The molecule has 0 bridgehead atoms. The van der Waals surface area contributed by atoms with Gasteiger partial charge < -0.3 is 14.4 Å². The van der Waals surface area contributed by atoms with Gasteiger partial charge in [-0.25, -0.2) is 5.43 Å². The van der Waals surface area contributed by atoms with E-state index in [-0.39, 0.29) is 6.10 Å². The lowest BCUT2D eigenvalue weighted by atomic mass is 9.93. The first kappa shape index (κ1) is 18.6. The largest absolute Gasteiger partial charge is 0.376 e. The summed E-state index contributed by atoms with van der Waals surface area (Å²) in [5, 5.41) is 0. The number of nitrogens with one attached hydrogen (secondary N) is 2. The van der Waals surface area contributed by atoms with Gasteiger partial charge in [-0.05, 0) is 23.7 Å². The molecule has 0 saturated carbocycles. The predicted molar refractivity (Wildman–Crippen MR) is 107 cm³/mol. The summed E-state index contributed by atoms with van der Waals surface area (Å²) in [6, 6.07) is 19.8. The van der Waals surface area contributed by atoms with Crippen molar-refractivity contribution in [2.75, 3.05) is 46.5 Å². The SMILES string of the molecule is CN(CC1COCCO1)CC1CNNC1c1ccc(-c2ccccc2)cc1. The standard InChI is InChI=1S/C22H29N3O2/c1-25(15-21-16-26-11-12-27-21)14-20-13-23-24-22(20)19-9-7-18(8-10-19)17-5-3-2-4-6-17/h2-10,20-24H,11-16H2,1H3. The van der Waals surface area contributed by atoms with E-state index in [1.807, 2.05) is 0 Å². The van der Waals surface area contributed by atoms with Crippen LogP contribution in [-0.4, -0.2) is 57.5 Å². The van der Waals surface area contributed by atoms with E-state index in [2.05, 4.69) is 77.4 Å². The second-order valence-electron chi connectivity index (χ2n) is 7.54. The summed E-state index contributed by atoms with van der Waals surface area (Å²) in [6.45, 7) is 5.04. The molecule has 0 amide bonds. The Labute approximate surface area is 161 Å². The van der Waals surface area contributed by atoms with Crippen molar-refractivity contribution < 1.29 is 9.47 Å². The fourth-order valence-corrected chi connectivity index (χ4v) is 4.04. The summed E-state index contributed by atoms with van der Waals surface area (Å²) >= 11 is 0. The van der Waals surface area contributed by atoms with Gasteiger partial charge in [-0.3, -0.25) is 5.43 Å². The van der Waals surface area contributed by atoms with Gasteiger partial charge in [0.05, 0.1) is 32.0 Å². The second-order valence-corrected chi connectivity index (χ2v) is 7.54. The average Bonchev–Trinajstić information content (AvgIpc) is 3.17. The topological polar surface area (TPSA) is 45.8 Å². The Morgan fingerprint density at radius 1 is 0.963 bits per heavy atom. The van der Waals surface area contributed by atoms with Crippen LogP contribution in [0.3, 0.4) is 0 Å². The Kier molecular flexibility index (Phi) is 6.17. The molecule has 0 aliphatic carbocycles. The van der Waals surface area contributed by atoms with Crippen LogP contribution in [-0.2, 0) is 9.47 Å². The summed E-state index contributed by atoms with van der Waals surface area (Å²) in [6.07, 6.45) is 0.190. The molecule has 4 rings (SSSR count). The summed E-state index contributed by atoms with van der Waals surface area (Å²) in [5.74, 6) is 0.516. The number of likely N-dealkylation sites (N-methyl/N-ethyl adjacent to an activating group) is 1. The minimum Gasteiger partial charge on any atom is -0.376 e. The van der Waals surface area contributed by atoms with E-state index in [1.165, 1.54) is 16.7 Å². The third-order valence-electron chi connectivity index (χ3n) is 5.42. The van der Waals surface area contributed by atoms with Crippen LogP contribution in [0.4, 0.5) is 0 Å². The van der Waals surface area contributed by atoms with Crippen molar-refractivity contribution in [3.8, 4) is 11.1 Å². The van der Waals surface area contributed by atoms with Gasteiger partial charge in [-0.2, -0.15) is 0 Å². The maximum absolute atomic E-state index is 5.78. The highest BCUT2D eigenvalue weighted by molar-refractivity contribution is 5.63. The van der Waals surface area contributed by atoms with E-state index in [4.69, 9.17) is 9.47 Å². The number of hydrazine groups is 1. The van der Waals surface area contributed by atoms with Crippen molar-refractivity contribution in [1.82, 2.24) is 15.8 Å². The third-order valence-corrected chi connectivity index (χ3v) is 5.42. The highest BCUT2D eigenvalue weighted by Crippen LogP contribution is 2.28. The fourth-order valence-electron chi connectivity index (χ4n) is 4.04. The van der Waals surface area contributed by atoms with Crippen molar-refractivity contribution in [2.24, 2.45) is 5.92 Å². The Morgan fingerprint density at radius 2 is 1.74 bits per heavy atom. The van der Waals surface area contributed by atoms with Gasteiger partial charge in [0.1, 0.15) is 0 Å². The second kappa shape index (κ2) is 8.95. The van der Waals surface area contributed by atoms with Gasteiger partial charge in [0.2, 0.25) is 0 Å². The number of hydrogen-bond donors (Lipinski definition) is 2. The van der Waals surface area contributed by atoms with Crippen LogP contribution in [0.15, 0.2) is 54.6 Å². The molecule has 0 aromatic heterocycles. The van der Waals surface area contributed by atoms with Crippen molar-refractivity contribution in [3.63, 3.8) is 0 Å². The minimum absolute atomic E-state index is 0.190. The molecule has 2 N–H and O–H groups in total. The molecule has 5 heteroatoms. The zero-order valence-electron chi connectivity index (χ0n) is 15.9. The Balaban J connectivity index is 1.37. The maximum Gasteiger partial charge on any atom is 0.0936 e. The summed E-state index contributed by atoms with van der Waals surface area (Å²) in [7, 11) is 2.17. The van der Waals surface area contributed by atoms with E-state index < -0.39 is 0 Å². The molecular weight excluding hydrogens is 338 g/mol. The summed E-state index contributed by atoms with van der Waals surface area (Å²) in [4.78, 5) is 2.37. The lowest BCUT2D eigenvalue weighted by Crippen LogP contribution is -2.40. The summed E-state index contributed by atoms with van der Waals surface area (Å²) in [5.41, 5.74) is 10.6. The van der Waals surface area contributed by atoms with Crippen molar-refractivity contribution in [3.05, 3.63) is 60.2 Å². The first-order chi connectivity index (χ1) is 13.3. The van der Waals surface area contributed by atoms with Gasteiger partial charge in [-0.1, -0.05) is 54.6 Å². The van der Waals surface area contributed by atoms with Crippen LogP contribution in [0.5, 0.6) is 0 Å². The van der Waals surface area contributed by atoms with Crippen LogP contribution in [0.2, 0.25) is 0 Å². The molecule has 3 unspecified atom stereocenters. The number of ether oxygens (including phenoxy) is 2. The molecule has 27 heavy (non-hydrogen) atoms. The average molecular weight is 367 g/mol. The summed E-state index contributed by atoms with van der Waals surface area (Å²) < 4.78 is 11.3. The van der Waals surface area contributed by atoms with Gasteiger partial charge in [0.25, 0.3) is 0 Å². The first-order valence-electron chi connectivity index (χ1n) is 9.81. The predicted octanol–water partition coefficient (Wildman–Crippen LogP) is 2.47. The van der Waals surface area contributed by atoms with E-state index in [0.717, 1.165) is 26.2 Å². The molecule has 0 spiro atoms. The molecule has 2 aromatic carbocycles. The zero-order valence-corrected chi connectivity index (χ0v) is 15.9. The molecule has 3 atom stereocenters. The number of benzene rings is 2. The molecule has 2 fully saturated rings. The van der Waals surface area contributed by atoms with Crippen LogP contribution < -0.4 is 10.9 Å². The first-order valence-corrected chi connectivity index (χ1v) is 9.81. The molecule has 2 aliphatic rings. The van der Waals surface area contributed by atoms with Crippen LogP contribution in [0.25, 0.3) is 11.1 Å². The number of rotatable bonds is 6. The molecular formula is C22H29N3O2. The molecule has 2 aromatic rings. The van der Waals surface area contributed by atoms with Gasteiger partial charge in [-0.15, -0.1) is 0 Å². The van der Waals surface area contributed by atoms with E-state index >= 15 is 0 Å². The number of nitrogens with zero attached hydrogens (tertiary/aromatic N) is 1. The van der Waals surface area contributed by atoms with Crippen LogP contribution >= 0.6 is 0 Å². The Hall–Kier alpha value is -1.76. The normalized spacial score (nSPS) is 25.8. The molecule has 0 radical (unpaired) electrons. The van der Waals surface area contributed by atoms with Gasteiger partial charge in [0.15, 0.2) is 0 Å². The van der Waals surface area contributed by atoms with E-state index in [9.17, 15) is 0 Å². The van der Waals surface area contributed by atoms with Crippen molar-refractivity contribution in [2.45, 2.75) is 12.1 Å². The lowest BCUT2D eigenvalue weighted by Gasteiger charge is -2.30. The monoisotopic (exact) mass is 367 g/mol. The third kappa shape index (κ3) is 4.75. The minimum atomic E-state index is 0.190. The highest BCUT2D eigenvalue weighted by atomic mass is 16.6. The molecule has 2 heterocycles. The molecule has 2 aliphatic heterocycles. The van der Waals surface area contributed by atoms with Crippen LogP contribution in [0.1, 0.15) is 11.6 Å². The Morgan fingerprint density at radius 3 is 2.48 bits per heavy atom. The van der Waals surface area contributed by atoms with E-state index in [0.29, 0.717) is 25.2 Å². The smallest absolute Gasteiger partial charge is 0.0936 e. The van der Waals surface area contributed by atoms with Crippen LogP contribution in [0, 0.1) is 5.92 Å². The van der Waals surface area contributed by atoms with E-state index in [1.54, 1.807) is 0 Å². The molecule has 5 nitrogen and oxygen atoms in total. The number of hydrogen-bond acceptors (Lipinski definition) is 5. The van der Waals surface area contributed by atoms with Gasteiger partial charge >= 0.3 is 0 Å². The maximum atomic E-state index is 5.78. The molecule has 2 saturated heterocycles. The van der Waals surface area contributed by atoms with Crippen molar-refractivity contribution in [1.29, 1.82) is 0 Å². The molecule has 144 valence electrons. The lowest BCUT2D eigenvalue weighted by molar-refractivity contribution is -0.0964. The fraction of sp³-hybridized carbons (Fsp3) is 0.455. The highest BCUT2D eigenvalue weighted by Gasteiger charge is 2.29. The Bertz CT molecular complexity index is 701. The van der Waals surface area contributed by atoms with Gasteiger partial charge in [0, 0.05) is 25.6 Å².